The predicted molar refractivity (Wildman–Crippen MR) is 111 cm³/mol. The van der Waals surface area contributed by atoms with Crippen molar-refractivity contribution < 1.29 is 20.1 Å². The van der Waals surface area contributed by atoms with E-state index in [-0.39, 0.29) is 18.1 Å². The number of rotatable bonds is 13. The van der Waals surface area contributed by atoms with Gasteiger partial charge in [-0.2, -0.15) is 0 Å². The summed E-state index contributed by atoms with van der Waals surface area (Å²) in [6.07, 6.45) is 11.0. The van der Waals surface area contributed by atoms with Gasteiger partial charge >= 0.3 is 5.97 Å². The molecule has 3 N–H and O–H groups in total. The van der Waals surface area contributed by atoms with Crippen LogP contribution in [0.5, 0.6) is 0 Å². The molecule has 4 atom stereocenters. The van der Waals surface area contributed by atoms with Crippen LogP contribution in [0.4, 0.5) is 0 Å². The Bertz CT molecular complexity index is 562. The summed E-state index contributed by atoms with van der Waals surface area (Å²) in [5.41, 5.74) is 0. The van der Waals surface area contributed by atoms with Gasteiger partial charge in [-0.05, 0) is 62.5 Å². The molecule has 0 saturated heterocycles. The third-order valence-electron chi connectivity index (χ3n) is 5.75. The number of halogens is 1. The Morgan fingerprint density at radius 3 is 2.37 bits per heavy atom. The minimum absolute atomic E-state index is 0.0486. The van der Waals surface area contributed by atoms with Gasteiger partial charge in [0.2, 0.25) is 0 Å². The van der Waals surface area contributed by atoms with E-state index in [1.54, 1.807) is 6.07 Å². The Hall–Kier alpha value is -0.620. The Kier molecular flexibility index (Phi) is 10.1. The number of thiophene rings is 1. The highest BCUT2D eigenvalue weighted by atomic mass is 35.5. The van der Waals surface area contributed by atoms with Crippen molar-refractivity contribution in [2.24, 2.45) is 11.8 Å². The minimum atomic E-state index is -0.859. The van der Waals surface area contributed by atoms with Gasteiger partial charge in [0.15, 0.2) is 0 Å². The lowest BCUT2D eigenvalue weighted by atomic mass is 9.85. The Morgan fingerprint density at radius 1 is 1.04 bits per heavy atom. The highest BCUT2D eigenvalue weighted by Crippen LogP contribution is 2.42. The number of aliphatic hydroxyl groups excluding tert-OH is 2. The second-order valence-corrected chi connectivity index (χ2v) is 9.47. The zero-order valence-electron chi connectivity index (χ0n) is 16.0. The number of aliphatic hydroxyl groups is 2. The van der Waals surface area contributed by atoms with Crippen molar-refractivity contribution in [1.29, 1.82) is 0 Å². The summed E-state index contributed by atoms with van der Waals surface area (Å²) >= 11 is 7.89. The smallest absolute Gasteiger partial charge is 0.345 e. The molecule has 1 aromatic rings. The standard InChI is InChI=1S/C21H33ClO4S/c22-18-14-19(24)17(9-5-3-1-2-4-6-13-23)16(18)10-7-8-15-11-12-20(27-15)21(25)26/h11-12,16-19,23-24H,1-10,13-14H2,(H,25,26). The molecule has 0 bridgehead atoms. The van der Waals surface area contributed by atoms with Gasteiger partial charge in [0.1, 0.15) is 4.88 Å². The van der Waals surface area contributed by atoms with E-state index in [9.17, 15) is 9.90 Å². The van der Waals surface area contributed by atoms with Crippen molar-refractivity contribution in [3.63, 3.8) is 0 Å². The maximum atomic E-state index is 11.0. The third-order valence-corrected chi connectivity index (χ3v) is 7.39. The molecule has 0 spiro atoms. The van der Waals surface area contributed by atoms with Crippen LogP contribution >= 0.6 is 22.9 Å². The minimum Gasteiger partial charge on any atom is -0.477 e. The maximum absolute atomic E-state index is 11.0. The number of carbonyl (C=O) groups is 1. The fourth-order valence-corrected chi connectivity index (χ4v) is 5.66. The van der Waals surface area contributed by atoms with Crippen molar-refractivity contribution in [1.82, 2.24) is 0 Å². The molecule has 0 aliphatic heterocycles. The number of unbranched alkanes of at least 4 members (excludes halogenated alkanes) is 5. The van der Waals surface area contributed by atoms with Crippen LogP contribution in [0.15, 0.2) is 12.1 Å². The van der Waals surface area contributed by atoms with E-state index in [0.29, 0.717) is 23.1 Å². The van der Waals surface area contributed by atoms with Crippen molar-refractivity contribution in [3.8, 4) is 0 Å². The highest BCUT2D eigenvalue weighted by Gasteiger charge is 2.40. The molecule has 154 valence electrons. The third kappa shape index (κ3) is 7.37. The number of hydrogen-bond donors (Lipinski definition) is 3. The number of alkyl halides is 1. The summed E-state index contributed by atoms with van der Waals surface area (Å²) in [4.78, 5) is 12.5. The average molecular weight is 417 g/mol. The summed E-state index contributed by atoms with van der Waals surface area (Å²) in [7, 11) is 0. The van der Waals surface area contributed by atoms with Gasteiger partial charge in [-0.15, -0.1) is 22.9 Å². The van der Waals surface area contributed by atoms with Crippen molar-refractivity contribution in [2.75, 3.05) is 6.61 Å². The van der Waals surface area contributed by atoms with E-state index in [4.69, 9.17) is 21.8 Å². The molecule has 0 amide bonds. The molecule has 1 aromatic heterocycles. The summed E-state index contributed by atoms with van der Waals surface area (Å²) in [6, 6.07) is 3.58. The van der Waals surface area contributed by atoms with E-state index in [1.165, 1.54) is 30.6 Å². The van der Waals surface area contributed by atoms with Gasteiger partial charge < -0.3 is 15.3 Å². The Balaban J connectivity index is 1.71. The van der Waals surface area contributed by atoms with Crippen molar-refractivity contribution in [3.05, 3.63) is 21.9 Å². The van der Waals surface area contributed by atoms with Crippen LogP contribution in [0, 0.1) is 11.8 Å². The van der Waals surface area contributed by atoms with E-state index in [0.717, 1.165) is 49.8 Å². The van der Waals surface area contributed by atoms with Crippen LogP contribution in [0.1, 0.15) is 78.8 Å². The molecule has 6 heteroatoms. The van der Waals surface area contributed by atoms with Gasteiger partial charge in [0, 0.05) is 16.9 Å². The van der Waals surface area contributed by atoms with E-state index in [2.05, 4.69) is 0 Å². The molecule has 1 aliphatic carbocycles. The van der Waals surface area contributed by atoms with Gasteiger partial charge in [-0.1, -0.05) is 32.1 Å². The van der Waals surface area contributed by atoms with E-state index >= 15 is 0 Å². The Morgan fingerprint density at radius 2 is 1.70 bits per heavy atom. The van der Waals surface area contributed by atoms with Crippen LogP contribution < -0.4 is 0 Å². The second-order valence-electron chi connectivity index (χ2n) is 7.74. The average Bonchev–Trinajstić information content (AvgIpc) is 3.20. The van der Waals surface area contributed by atoms with Crippen LogP contribution in [0.3, 0.4) is 0 Å². The van der Waals surface area contributed by atoms with Crippen LogP contribution in [-0.2, 0) is 6.42 Å². The predicted octanol–water partition coefficient (Wildman–Crippen LogP) is 5.10. The molecule has 1 aliphatic rings. The molecule has 0 radical (unpaired) electrons. The molecule has 2 rings (SSSR count). The number of carboxylic acid groups (broad SMARTS) is 1. The summed E-state index contributed by atoms with van der Waals surface area (Å²) < 4.78 is 0. The number of aromatic carboxylic acids is 1. The van der Waals surface area contributed by atoms with E-state index < -0.39 is 5.97 Å². The van der Waals surface area contributed by atoms with Crippen molar-refractivity contribution >= 4 is 28.9 Å². The fraction of sp³-hybridized carbons (Fsp3) is 0.762. The molecular weight excluding hydrogens is 384 g/mol. The fourth-order valence-electron chi connectivity index (χ4n) is 4.27. The molecular formula is C21H33ClO4S. The van der Waals surface area contributed by atoms with Gasteiger partial charge in [0.05, 0.1) is 6.10 Å². The zero-order valence-corrected chi connectivity index (χ0v) is 17.6. The topological polar surface area (TPSA) is 77.8 Å². The summed E-state index contributed by atoms with van der Waals surface area (Å²) in [5, 5.41) is 28.3. The Labute approximate surface area is 171 Å². The van der Waals surface area contributed by atoms with E-state index in [1.807, 2.05) is 6.07 Å². The number of carboxylic acids is 1. The van der Waals surface area contributed by atoms with Crippen LogP contribution in [0.2, 0.25) is 0 Å². The highest BCUT2D eigenvalue weighted by molar-refractivity contribution is 7.13. The first-order valence-electron chi connectivity index (χ1n) is 10.3. The molecule has 0 aromatic carbocycles. The summed E-state index contributed by atoms with van der Waals surface area (Å²) in [6.45, 7) is 0.288. The lowest BCUT2D eigenvalue weighted by molar-refractivity contribution is 0.0702. The SMILES string of the molecule is O=C(O)c1ccc(CCCC2C(Cl)CC(O)C2CCCCCCCCO)s1. The number of aryl methyl sites for hydroxylation is 1. The quantitative estimate of drug-likeness (QED) is 0.309. The van der Waals surface area contributed by atoms with Crippen LogP contribution in [0.25, 0.3) is 0 Å². The molecule has 4 unspecified atom stereocenters. The lowest BCUT2D eigenvalue weighted by Gasteiger charge is -2.23. The van der Waals surface area contributed by atoms with Gasteiger partial charge in [0.25, 0.3) is 0 Å². The maximum Gasteiger partial charge on any atom is 0.345 e. The normalized spacial score (nSPS) is 25.1. The molecule has 1 saturated carbocycles. The monoisotopic (exact) mass is 416 g/mol. The molecule has 1 heterocycles. The van der Waals surface area contributed by atoms with Gasteiger partial charge in [-0.3, -0.25) is 0 Å². The van der Waals surface area contributed by atoms with Crippen molar-refractivity contribution in [2.45, 2.75) is 82.1 Å². The second kappa shape index (κ2) is 12.1. The molecule has 27 heavy (non-hydrogen) atoms. The zero-order chi connectivity index (χ0) is 19.6. The van der Waals surface area contributed by atoms with Crippen LogP contribution in [-0.4, -0.2) is 39.4 Å². The first-order chi connectivity index (χ1) is 13.0. The number of hydrogen-bond acceptors (Lipinski definition) is 4. The largest absolute Gasteiger partial charge is 0.477 e. The molecule has 1 fully saturated rings. The molecule has 4 nitrogen and oxygen atoms in total. The summed E-state index contributed by atoms with van der Waals surface area (Å²) in [5.74, 6) is -0.208. The first-order valence-corrected chi connectivity index (χ1v) is 11.5. The lowest BCUT2D eigenvalue weighted by Crippen LogP contribution is -2.21. The van der Waals surface area contributed by atoms with Gasteiger partial charge in [-0.25, -0.2) is 4.79 Å². The first kappa shape index (κ1) is 22.7.